The lowest BCUT2D eigenvalue weighted by molar-refractivity contribution is -0.135. The highest BCUT2D eigenvalue weighted by Crippen LogP contribution is 2.23. The molecule has 94 valence electrons. The Morgan fingerprint density at radius 3 is 2.69 bits per heavy atom. The fourth-order valence-corrected chi connectivity index (χ4v) is 2.43. The predicted molar refractivity (Wildman–Crippen MR) is 67.1 cm³/mol. The number of hydrogen-bond acceptors (Lipinski definition) is 2. The van der Waals surface area contributed by atoms with E-state index in [2.05, 4.69) is 6.92 Å². The van der Waals surface area contributed by atoms with Gasteiger partial charge in [0.15, 0.2) is 0 Å². The van der Waals surface area contributed by atoms with Crippen molar-refractivity contribution in [1.82, 2.24) is 4.90 Å². The molecule has 1 fully saturated rings. The topological polar surface area (TPSA) is 46.3 Å². The number of carbonyl (C=O) groups excluding carboxylic acids is 1. The number of nitrogens with two attached hydrogens (primary N) is 1. The van der Waals surface area contributed by atoms with Gasteiger partial charge in [-0.3, -0.25) is 4.79 Å². The average molecular weight is 226 g/mol. The normalized spacial score (nSPS) is 26.2. The van der Waals surface area contributed by atoms with Gasteiger partial charge >= 0.3 is 0 Å². The summed E-state index contributed by atoms with van der Waals surface area (Å²) >= 11 is 0. The van der Waals surface area contributed by atoms with Gasteiger partial charge in [0.2, 0.25) is 5.91 Å². The van der Waals surface area contributed by atoms with E-state index in [0.717, 1.165) is 38.6 Å². The zero-order valence-electron chi connectivity index (χ0n) is 10.7. The molecule has 2 N–H and O–H groups in total. The number of amides is 1. The number of hydrogen-bond donors (Lipinski definition) is 1. The summed E-state index contributed by atoms with van der Waals surface area (Å²) in [5.41, 5.74) is 6.10. The maximum absolute atomic E-state index is 12.2. The average Bonchev–Trinajstić information content (AvgIpc) is 2.49. The van der Waals surface area contributed by atoms with Crippen molar-refractivity contribution >= 4 is 5.91 Å². The SMILES string of the molecule is CCCCN(C)C(=O)C1CCCCCC1N. The molecule has 16 heavy (non-hydrogen) atoms. The van der Waals surface area contributed by atoms with E-state index in [1.54, 1.807) is 0 Å². The van der Waals surface area contributed by atoms with Crippen LogP contribution in [0, 0.1) is 5.92 Å². The fourth-order valence-electron chi connectivity index (χ4n) is 2.43. The summed E-state index contributed by atoms with van der Waals surface area (Å²) in [6, 6.07) is 0.0825. The van der Waals surface area contributed by atoms with Crippen LogP contribution >= 0.6 is 0 Å². The number of unbranched alkanes of at least 4 members (excludes halogenated alkanes) is 1. The first-order valence-electron chi connectivity index (χ1n) is 6.67. The van der Waals surface area contributed by atoms with E-state index in [4.69, 9.17) is 5.73 Å². The Morgan fingerprint density at radius 1 is 1.31 bits per heavy atom. The van der Waals surface area contributed by atoms with Crippen molar-refractivity contribution in [2.24, 2.45) is 11.7 Å². The summed E-state index contributed by atoms with van der Waals surface area (Å²) in [7, 11) is 1.91. The van der Waals surface area contributed by atoms with E-state index in [0.29, 0.717) is 0 Å². The zero-order chi connectivity index (χ0) is 12.0. The number of rotatable bonds is 4. The molecule has 0 saturated heterocycles. The van der Waals surface area contributed by atoms with Crippen LogP contribution in [-0.4, -0.2) is 30.4 Å². The van der Waals surface area contributed by atoms with Gasteiger partial charge in [0.25, 0.3) is 0 Å². The summed E-state index contributed by atoms with van der Waals surface area (Å²) in [6.07, 6.45) is 7.79. The van der Waals surface area contributed by atoms with Crippen LogP contribution < -0.4 is 5.73 Å². The van der Waals surface area contributed by atoms with Crippen LogP contribution in [0.1, 0.15) is 51.9 Å². The van der Waals surface area contributed by atoms with Gasteiger partial charge < -0.3 is 10.6 Å². The highest BCUT2D eigenvalue weighted by molar-refractivity contribution is 5.79. The van der Waals surface area contributed by atoms with Gasteiger partial charge in [-0.05, 0) is 19.3 Å². The Hall–Kier alpha value is -0.570. The van der Waals surface area contributed by atoms with Crippen molar-refractivity contribution in [1.29, 1.82) is 0 Å². The molecule has 0 heterocycles. The maximum Gasteiger partial charge on any atom is 0.226 e. The van der Waals surface area contributed by atoms with Crippen LogP contribution in [0.15, 0.2) is 0 Å². The first kappa shape index (κ1) is 13.5. The molecule has 2 unspecified atom stereocenters. The van der Waals surface area contributed by atoms with E-state index in [1.807, 2.05) is 11.9 Å². The second kappa shape index (κ2) is 6.89. The third-order valence-corrected chi connectivity index (χ3v) is 3.61. The standard InChI is InChI=1S/C13H26N2O/c1-3-4-10-15(2)13(16)11-8-6-5-7-9-12(11)14/h11-12H,3-10,14H2,1-2H3. The van der Waals surface area contributed by atoms with E-state index in [9.17, 15) is 4.79 Å². The molecule has 0 aromatic rings. The molecule has 2 atom stereocenters. The quantitative estimate of drug-likeness (QED) is 0.747. The lowest BCUT2D eigenvalue weighted by Gasteiger charge is -2.26. The third-order valence-electron chi connectivity index (χ3n) is 3.61. The monoisotopic (exact) mass is 226 g/mol. The minimum atomic E-state index is 0.0735. The Kier molecular flexibility index (Phi) is 5.81. The van der Waals surface area contributed by atoms with Crippen molar-refractivity contribution in [3.05, 3.63) is 0 Å². The van der Waals surface area contributed by atoms with E-state index < -0.39 is 0 Å². The molecule has 1 aliphatic rings. The molecular formula is C13H26N2O. The molecule has 0 aromatic heterocycles. The van der Waals surface area contributed by atoms with Gasteiger partial charge in [-0.25, -0.2) is 0 Å². The first-order valence-corrected chi connectivity index (χ1v) is 6.67. The molecule has 0 aliphatic heterocycles. The summed E-state index contributed by atoms with van der Waals surface area (Å²) in [6.45, 7) is 3.02. The van der Waals surface area contributed by atoms with E-state index in [1.165, 1.54) is 12.8 Å². The summed E-state index contributed by atoms with van der Waals surface area (Å²) < 4.78 is 0. The second-order valence-electron chi connectivity index (χ2n) is 5.02. The van der Waals surface area contributed by atoms with Gasteiger partial charge in [0, 0.05) is 19.6 Å². The smallest absolute Gasteiger partial charge is 0.226 e. The molecular weight excluding hydrogens is 200 g/mol. The van der Waals surface area contributed by atoms with Crippen molar-refractivity contribution in [2.45, 2.75) is 57.9 Å². The lowest BCUT2D eigenvalue weighted by atomic mass is 9.94. The lowest BCUT2D eigenvalue weighted by Crippen LogP contribution is -2.42. The van der Waals surface area contributed by atoms with E-state index >= 15 is 0 Å². The number of nitrogens with zero attached hydrogens (tertiary/aromatic N) is 1. The highest BCUT2D eigenvalue weighted by Gasteiger charge is 2.28. The first-order chi connectivity index (χ1) is 7.66. The van der Waals surface area contributed by atoms with Crippen molar-refractivity contribution < 1.29 is 4.79 Å². The molecule has 3 nitrogen and oxygen atoms in total. The Labute approximate surface area is 99.4 Å². The molecule has 1 rings (SSSR count). The highest BCUT2D eigenvalue weighted by atomic mass is 16.2. The van der Waals surface area contributed by atoms with Gasteiger partial charge in [0.05, 0.1) is 5.92 Å². The van der Waals surface area contributed by atoms with Crippen LogP contribution in [0.25, 0.3) is 0 Å². The second-order valence-corrected chi connectivity index (χ2v) is 5.02. The van der Waals surface area contributed by atoms with Crippen molar-refractivity contribution in [2.75, 3.05) is 13.6 Å². The van der Waals surface area contributed by atoms with Crippen molar-refractivity contribution in [3.63, 3.8) is 0 Å². The predicted octanol–water partition coefficient (Wildman–Crippen LogP) is 2.15. The van der Waals surface area contributed by atoms with E-state index in [-0.39, 0.29) is 17.9 Å². The van der Waals surface area contributed by atoms with Crippen LogP contribution in [0.3, 0.4) is 0 Å². The Morgan fingerprint density at radius 2 is 2.00 bits per heavy atom. The Bertz CT molecular complexity index is 218. The molecule has 0 radical (unpaired) electrons. The molecule has 1 amide bonds. The molecule has 0 spiro atoms. The van der Waals surface area contributed by atoms with Gasteiger partial charge in [-0.1, -0.05) is 32.6 Å². The molecule has 1 saturated carbocycles. The van der Waals surface area contributed by atoms with Crippen LogP contribution in [0.2, 0.25) is 0 Å². The van der Waals surface area contributed by atoms with Crippen LogP contribution in [0.4, 0.5) is 0 Å². The van der Waals surface area contributed by atoms with Gasteiger partial charge in [-0.2, -0.15) is 0 Å². The van der Waals surface area contributed by atoms with Crippen molar-refractivity contribution in [3.8, 4) is 0 Å². The zero-order valence-corrected chi connectivity index (χ0v) is 10.7. The Balaban J connectivity index is 2.49. The molecule has 1 aliphatic carbocycles. The van der Waals surface area contributed by atoms with Crippen LogP contribution in [-0.2, 0) is 4.79 Å². The third kappa shape index (κ3) is 3.78. The summed E-state index contributed by atoms with van der Waals surface area (Å²) in [5.74, 6) is 0.340. The minimum absolute atomic E-state index is 0.0735. The summed E-state index contributed by atoms with van der Waals surface area (Å²) in [4.78, 5) is 14.1. The molecule has 0 aromatic carbocycles. The number of carbonyl (C=O) groups is 1. The van der Waals surface area contributed by atoms with Crippen LogP contribution in [0.5, 0.6) is 0 Å². The largest absolute Gasteiger partial charge is 0.345 e. The molecule has 0 bridgehead atoms. The van der Waals surface area contributed by atoms with Gasteiger partial charge in [0.1, 0.15) is 0 Å². The fraction of sp³-hybridized carbons (Fsp3) is 0.923. The maximum atomic E-state index is 12.2. The summed E-state index contributed by atoms with van der Waals surface area (Å²) in [5, 5.41) is 0. The molecule has 3 heteroatoms. The van der Waals surface area contributed by atoms with Gasteiger partial charge in [-0.15, -0.1) is 0 Å². The minimum Gasteiger partial charge on any atom is -0.345 e.